The second-order valence-electron chi connectivity index (χ2n) is 5.53. The first-order valence-electron chi connectivity index (χ1n) is 6.04. The zero-order valence-corrected chi connectivity index (χ0v) is 11.9. The van der Waals surface area contributed by atoms with Crippen LogP contribution in [0.5, 0.6) is 0 Å². The third-order valence-electron chi connectivity index (χ3n) is 2.96. The van der Waals surface area contributed by atoms with E-state index in [-0.39, 0.29) is 5.41 Å². The highest BCUT2D eigenvalue weighted by atomic mass is 32.1. The third kappa shape index (κ3) is 1.98. The van der Waals surface area contributed by atoms with Gasteiger partial charge in [-0.15, -0.1) is 5.10 Å². The average Bonchev–Trinajstić information content (AvgIpc) is 2.94. The van der Waals surface area contributed by atoms with Crippen molar-refractivity contribution in [1.82, 2.24) is 19.6 Å². The number of para-hydroxylation sites is 1. The highest BCUT2D eigenvalue weighted by Gasteiger charge is 2.25. The van der Waals surface area contributed by atoms with Gasteiger partial charge in [-0.2, -0.15) is 0 Å². The van der Waals surface area contributed by atoms with E-state index in [9.17, 15) is 0 Å². The number of H-pyrrole nitrogens is 1. The lowest BCUT2D eigenvalue weighted by molar-refractivity contribution is 0.568. The topological polar surface area (TPSA) is 80.5 Å². The van der Waals surface area contributed by atoms with Gasteiger partial charge in [0, 0.05) is 5.41 Å². The summed E-state index contributed by atoms with van der Waals surface area (Å²) in [6.07, 6.45) is 0. The van der Waals surface area contributed by atoms with Gasteiger partial charge in [-0.1, -0.05) is 31.3 Å². The Hall–Kier alpha value is -1.95. The second kappa shape index (κ2) is 4.03. The number of anilines is 1. The smallest absolute Gasteiger partial charge is 0.152 e. The molecule has 0 radical (unpaired) electrons. The summed E-state index contributed by atoms with van der Waals surface area (Å²) in [6.45, 7) is 6.35. The van der Waals surface area contributed by atoms with Crippen LogP contribution in [0.25, 0.3) is 21.7 Å². The van der Waals surface area contributed by atoms with Crippen LogP contribution in [-0.4, -0.2) is 19.6 Å². The van der Waals surface area contributed by atoms with E-state index in [1.165, 1.54) is 11.5 Å². The number of nitrogen functional groups attached to an aromatic ring is 1. The lowest BCUT2D eigenvalue weighted by atomic mass is 9.91. The first-order chi connectivity index (χ1) is 8.97. The maximum Gasteiger partial charge on any atom is 0.152 e. The van der Waals surface area contributed by atoms with Gasteiger partial charge >= 0.3 is 0 Å². The van der Waals surface area contributed by atoms with Crippen LogP contribution in [0.1, 0.15) is 26.5 Å². The molecule has 0 bridgehead atoms. The molecule has 0 amide bonds. The van der Waals surface area contributed by atoms with Crippen LogP contribution in [0.2, 0.25) is 0 Å². The maximum absolute atomic E-state index is 5.94. The molecule has 0 spiro atoms. The van der Waals surface area contributed by atoms with Gasteiger partial charge in [0.25, 0.3) is 0 Å². The summed E-state index contributed by atoms with van der Waals surface area (Å²) in [7, 11) is 0. The van der Waals surface area contributed by atoms with Crippen molar-refractivity contribution in [1.29, 1.82) is 0 Å². The summed E-state index contributed by atoms with van der Waals surface area (Å²) in [5.41, 5.74) is 9.23. The van der Waals surface area contributed by atoms with Gasteiger partial charge in [-0.25, -0.2) is 4.98 Å². The molecule has 5 nitrogen and oxygen atoms in total. The number of fused-ring (bicyclic) bond motifs is 1. The van der Waals surface area contributed by atoms with Crippen molar-refractivity contribution in [2.24, 2.45) is 0 Å². The minimum Gasteiger partial charge on any atom is -0.397 e. The number of hydrogen-bond donors (Lipinski definition) is 2. The largest absolute Gasteiger partial charge is 0.397 e. The number of nitrogens with two attached hydrogens (primary N) is 1. The summed E-state index contributed by atoms with van der Waals surface area (Å²) in [5.74, 6) is 0.785. The van der Waals surface area contributed by atoms with Crippen LogP contribution < -0.4 is 5.73 Å². The van der Waals surface area contributed by atoms with E-state index in [4.69, 9.17) is 5.73 Å². The molecule has 3 aromatic rings. The van der Waals surface area contributed by atoms with Gasteiger partial charge in [0.1, 0.15) is 10.4 Å². The first-order valence-corrected chi connectivity index (χ1v) is 6.81. The Labute approximate surface area is 115 Å². The van der Waals surface area contributed by atoms with Crippen LogP contribution in [0.4, 0.5) is 5.69 Å². The summed E-state index contributed by atoms with van der Waals surface area (Å²) in [4.78, 5) is 8.84. The molecular formula is C13H15N5S. The van der Waals surface area contributed by atoms with Gasteiger partial charge in [0.2, 0.25) is 0 Å². The van der Waals surface area contributed by atoms with E-state index in [1.54, 1.807) is 0 Å². The summed E-state index contributed by atoms with van der Waals surface area (Å²) >= 11 is 1.35. The Morgan fingerprint density at radius 3 is 2.74 bits per heavy atom. The predicted molar refractivity (Wildman–Crippen MR) is 78.1 cm³/mol. The molecule has 0 unspecified atom stereocenters. The molecule has 2 heterocycles. The molecule has 0 saturated carbocycles. The van der Waals surface area contributed by atoms with Gasteiger partial charge in [-0.05, 0) is 23.7 Å². The lowest BCUT2D eigenvalue weighted by Crippen LogP contribution is -2.13. The minimum absolute atomic E-state index is 0.0626. The Balaban J connectivity index is 2.21. The molecule has 3 N–H and O–H groups in total. The summed E-state index contributed by atoms with van der Waals surface area (Å²) in [5, 5.41) is 4.23. The third-order valence-corrected chi connectivity index (χ3v) is 3.69. The Bertz CT molecular complexity index is 735. The minimum atomic E-state index is -0.0626. The molecule has 1 aromatic carbocycles. The van der Waals surface area contributed by atoms with Crippen molar-refractivity contribution in [2.45, 2.75) is 26.2 Å². The number of imidazole rings is 1. The molecule has 0 saturated heterocycles. The van der Waals surface area contributed by atoms with Crippen molar-refractivity contribution in [3.63, 3.8) is 0 Å². The summed E-state index contributed by atoms with van der Waals surface area (Å²) < 4.78 is 4.06. The van der Waals surface area contributed by atoms with Gasteiger partial charge in [-0.3, -0.25) is 0 Å². The van der Waals surface area contributed by atoms with E-state index in [0.29, 0.717) is 5.69 Å². The van der Waals surface area contributed by atoms with Gasteiger partial charge < -0.3 is 10.7 Å². The van der Waals surface area contributed by atoms with E-state index in [1.807, 2.05) is 18.2 Å². The normalized spacial score (nSPS) is 12.2. The van der Waals surface area contributed by atoms with Crippen molar-refractivity contribution in [3.05, 3.63) is 23.9 Å². The van der Waals surface area contributed by atoms with Gasteiger partial charge in [0.15, 0.2) is 5.82 Å². The van der Waals surface area contributed by atoms with Crippen LogP contribution in [-0.2, 0) is 5.41 Å². The van der Waals surface area contributed by atoms with E-state index in [0.717, 1.165) is 27.4 Å². The molecule has 0 atom stereocenters. The Morgan fingerprint density at radius 2 is 2.05 bits per heavy atom. The highest BCUT2D eigenvalue weighted by molar-refractivity contribution is 7.09. The van der Waals surface area contributed by atoms with Crippen molar-refractivity contribution in [3.8, 4) is 10.7 Å². The number of aromatic amines is 1. The fourth-order valence-electron chi connectivity index (χ4n) is 2.00. The van der Waals surface area contributed by atoms with Crippen LogP contribution in [0, 0.1) is 0 Å². The molecule has 98 valence electrons. The van der Waals surface area contributed by atoms with Gasteiger partial charge in [0.05, 0.1) is 16.9 Å². The number of rotatable bonds is 1. The predicted octanol–water partition coefficient (Wildman–Crippen LogP) is 2.96. The van der Waals surface area contributed by atoms with Crippen molar-refractivity contribution in [2.75, 3.05) is 5.73 Å². The summed E-state index contributed by atoms with van der Waals surface area (Å²) in [6, 6.07) is 5.73. The molecule has 19 heavy (non-hydrogen) atoms. The molecule has 0 aliphatic heterocycles. The van der Waals surface area contributed by atoms with Crippen LogP contribution >= 0.6 is 11.5 Å². The second-order valence-corrected chi connectivity index (χ2v) is 6.28. The molecule has 3 rings (SSSR count). The van der Waals surface area contributed by atoms with Crippen molar-refractivity contribution >= 4 is 28.3 Å². The number of nitrogens with zero attached hydrogens (tertiary/aromatic N) is 3. The highest BCUT2D eigenvalue weighted by Crippen LogP contribution is 2.33. The monoisotopic (exact) mass is 273 g/mol. The Morgan fingerprint density at radius 1 is 1.26 bits per heavy atom. The number of nitrogens with one attached hydrogen (secondary N) is 1. The molecule has 6 heteroatoms. The molecule has 0 aliphatic carbocycles. The van der Waals surface area contributed by atoms with E-state index < -0.39 is 0 Å². The van der Waals surface area contributed by atoms with Crippen LogP contribution in [0.15, 0.2) is 18.2 Å². The van der Waals surface area contributed by atoms with E-state index in [2.05, 4.69) is 40.3 Å². The number of hydrogen-bond acceptors (Lipinski definition) is 5. The maximum atomic E-state index is 5.94. The number of aromatic nitrogens is 4. The lowest BCUT2D eigenvalue weighted by Gasteiger charge is -2.15. The molecule has 0 fully saturated rings. The SMILES string of the molecule is CC(C)(C)c1nnsc1-c1nc2c(N)cccc2[nH]1. The fourth-order valence-corrected chi connectivity index (χ4v) is 2.82. The average molecular weight is 273 g/mol. The molecular weight excluding hydrogens is 258 g/mol. The van der Waals surface area contributed by atoms with E-state index >= 15 is 0 Å². The quantitative estimate of drug-likeness (QED) is 0.668. The van der Waals surface area contributed by atoms with Crippen LogP contribution in [0.3, 0.4) is 0 Å². The molecule has 0 aliphatic rings. The zero-order valence-electron chi connectivity index (χ0n) is 11.1. The molecule has 2 aromatic heterocycles. The number of benzene rings is 1. The first kappa shape index (κ1) is 12.1. The zero-order chi connectivity index (χ0) is 13.6. The van der Waals surface area contributed by atoms with Crippen molar-refractivity contribution < 1.29 is 0 Å². The standard InChI is InChI=1S/C13H15N5S/c1-13(2,3)11-10(19-18-17-11)12-15-8-6-4-5-7(14)9(8)16-12/h4-6H,14H2,1-3H3,(H,15,16). The fraction of sp³-hybridized carbons (Fsp3) is 0.308. The Kier molecular flexibility index (Phi) is 2.56.